The lowest BCUT2D eigenvalue weighted by molar-refractivity contribution is -0.125. The third-order valence-corrected chi connectivity index (χ3v) is 4.91. The summed E-state index contributed by atoms with van der Waals surface area (Å²) in [6, 6.07) is 8.42. The molecule has 0 aliphatic carbocycles. The number of nitrogens with one attached hydrogen (secondary N) is 1. The van der Waals surface area contributed by atoms with Crippen LogP contribution >= 0.6 is 12.2 Å². The predicted molar refractivity (Wildman–Crippen MR) is 113 cm³/mol. The van der Waals surface area contributed by atoms with Gasteiger partial charge < -0.3 is 15.2 Å². The fourth-order valence-electron chi connectivity index (χ4n) is 3.03. The van der Waals surface area contributed by atoms with Gasteiger partial charge >= 0.3 is 0 Å². The van der Waals surface area contributed by atoms with Gasteiger partial charge in [0.1, 0.15) is 23.4 Å². The van der Waals surface area contributed by atoms with Crippen LogP contribution in [0.5, 0.6) is 11.5 Å². The van der Waals surface area contributed by atoms with Crippen LogP contribution in [0.3, 0.4) is 0 Å². The molecule has 11 heteroatoms. The van der Waals surface area contributed by atoms with Crippen molar-refractivity contribution in [3.63, 3.8) is 0 Å². The van der Waals surface area contributed by atoms with Crippen molar-refractivity contribution in [2.45, 2.75) is 12.5 Å². The zero-order valence-electron chi connectivity index (χ0n) is 16.6. The van der Waals surface area contributed by atoms with Crippen LogP contribution in [0.4, 0.5) is 10.1 Å². The number of halogens is 1. The molecular formula is C20H19FN4O5S. The maximum Gasteiger partial charge on any atom is 0.270 e. The van der Waals surface area contributed by atoms with Crippen LogP contribution in [-0.2, 0) is 9.59 Å². The molecule has 1 fully saturated rings. The number of methoxy groups -OCH3 is 2. The van der Waals surface area contributed by atoms with Crippen molar-refractivity contribution in [2.24, 2.45) is 5.73 Å². The summed E-state index contributed by atoms with van der Waals surface area (Å²) in [5, 5.41) is 1.01. The van der Waals surface area contributed by atoms with Crippen molar-refractivity contribution >= 4 is 40.7 Å². The summed E-state index contributed by atoms with van der Waals surface area (Å²) in [4.78, 5) is 38.5. The standard InChI is InChI=1S/C20H19FN4O5S/c1-29-14-7-11(8-15(9-14)30-2)18(27)23-25-16(10-17(22)26)19(28)24(20(25)31)13-5-3-12(21)4-6-13/h3-9,16H,10H2,1-2H3,(H2,22,26)(H,23,27)/t16-/m1/s1. The summed E-state index contributed by atoms with van der Waals surface area (Å²) in [5.41, 5.74) is 8.29. The number of rotatable bonds is 7. The Morgan fingerprint density at radius 2 is 1.71 bits per heavy atom. The highest BCUT2D eigenvalue weighted by Gasteiger charge is 2.45. The van der Waals surface area contributed by atoms with Crippen molar-refractivity contribution in [2.75, 3.05) is 19.1 Å². The van der Waals surface area contributed by atoms with Crippen molar-refractivity contribution in [3.8, 4) is 11.5 Å². The van der Waals surface area contributed by atoms with Crippen molar-refractivity contribution < 1.29 is 28.2 Å². The molecule has 3 rings (SSSR count). The number of thiocarbonyl (C=S) groups is 1. The van der Waals surface area contributed by atoms with Gasteiger partial charge in [0, 0.05) is 11.6 Å². The molecule has 3 amide bonds. The Hall–Kier alpha value is -3.73. The molecule has 9 nitrogen and oxygen atoms in total. The summed E-state index contributed by atoms with van der Waals surface area (Å²) in [6.45, 7) is 0. The third kappa shape index (κ3) is 4.56. The highest BCUT2D eigenvalue weighted by molar-refractivity contribution is 7.80. The zero-order chi connectivity index (χ0) is 22.7. The second-order valence-corrected chi connectivity index (χ2v) is 6.90. The van der Waals surface area contributed by atoms with Crippen LogP contribution in [0.1, 0.15) is 16.8 Å². The number of nitrogens with two attached hydrogens (primary N) is 1. The number of hydrazine groups is 1. The van der Waals surface area contributed by atoms with Gasteiger partial charge in [0.25, 0.3) is 11.8 Å². The van der Waals surface area contributed by atoms with E-state index in [0.717, 1.165) is 22.0 Å². The first-order valence-electron chi connectivity index (χ1n) is 9.00. The second kappa shape index (κ2) is 8.96. The van der Waals surface area contributed by atoms with Crippen LogP contribution < -0.4 is 25.5 Å². The van der Waals surface area contributed by atoms with Crippen LogP contribution in [0.25, 0.3) is 0 Å². The van der Waals surface area contributed by atoms with E-state index in [1.165, 1.54) is 38.5 Å². The number of nitrogens with zero attached hydrogens (tertiary/aromatic N) is 2. The predicted octanol–water partition coefficient (Wildman–Crippen LogP) is 1.37. The number of ether oxygens (including phenoxy) is 2. The Labute approximate surface area is 182 Å². The molecule has 3 N–H and O–H groups in total. The van der Waals surface area contributed by atoms with Crippen LogP contribution in [0.2, 0.25) is 0 Å². The number of amides is 3. The van der Waals surface area contributed by atoms with Gasteiger partial charge in [-0.2, -0.15) is 0 Å². The van der Waals surface area contributed by atoms with E-state index in [-0.39, 0.29) is 16.4 Å². The van der Waals surface area contributed by atoms with Crippen LogP contribution in [-0.4, -0.2) is 48.1 Å². The molecule has 0 aromatic heterocycles. The molecule has 1 atom stereocenters. The van der Waals surface area contributed by atoms with E-state index in [1.807, 2.05) is 0 Å². The maximum absolute atomic E-state index is 13.3. The molecule has 31 heavy (non-hydrogen) atoms. The smallest absolute Gasteiger partial charge is 0.270 e. The Morgan fingerprint density at radius 1 is 1.13 bits per heavy atom. The van der Waals surface area contributed by atoms with Crippen molar-refractivity contribution in [1.82, 2.24) is 10.4 Å². The van der Waals surface area contributed by atoms with Crippen LogP contribution in [0, 0.1) is 5.82 Å². The number of primary amides is 1. The minimum Gasteiger partial charge on any atom is -0.497 e. The first kappa shape index (κ1) is 22.0. The van der Waals surface area contributed by atoms with Gasteiger partial charge in [0.05, 0.1) is 26.3 Å². The molecule has 0 radical (unpaired) electrons. The maximum atomic E-state index is 13.3. The summed E-state index contributed by atoms with van der Waals surface area (Å²) >= 11 is 5.37. The lowest BCUT2D eigenvalue weighted by atomic mass is 10.1. The van der Waals surface area contributed by atoms with Gasteiger partial charge in [-0.3, -0.25) is 24.7 Å². The van der Waals surface area contributed by atoms with E-state index in [9.17, 15) is 18.8 Å². The molecule has 0 unspecified atom stereocenters. The van der Waals surface area contributed by atoms with Gasteiger partial charge in [-0.05, 0) is 48.6 Å². The van der Waals surface area contributed by atoms with Crippen LogP contribution in [0.15, 0.2) is 42.5 Å². The summed E-state index contributed by atoms with van der Waals surface area (Å²) in [6.07, 6.45) is -0.390. The van der Waals surface area contributed by atoms with E-state index in [4.69, 9.17) is 27.4 Å². The highest BCUT2D eigenvalue weighted by Crippen LogP contribution is 2.27. The van der Waals surface area contributed by atoms with Gasteiger partial charge in [0.2, 0.25) is 11.0 Å². The normalized spacial score (nSPS) is 15.8. The Morgan fingerprint density at radius 3 is 2.23 bits per heavy atom. The minimum absolute atomic E-state index is 0.0916. The molecule has 1 saturated heterocycles. The monoisotopic (exact) mass is 446 g/mol. The van der Waals surface area contributed by atoms with Gasteiger partial charge in [-0.1, -0.05) is 0 Å². The molecule has 1 heterocycles. The fourth-order valence-corrected chi connectivity index (χ4v) is 3.40. The number of carbonyl (C=O) groups excluding carboxylic acids is 3. The highest BCUT2D eigenvalue weighted by atomic mass is 32.1. The SMILES string of the molecule is COc1cc(OC)cc(C(=O)NN2C(=S)N(c3ccc(F)cc3)C(=O)[C@H]2CC(N)=O)c1. The second-order valence-electron chi connectivity index (χ2n) is 6.53. The molecule has 1 aliphatic rings. The van der Waals surface area contributed by atoms with E-state index in [0.29, 0.717) is 11.5 Å². The molecule has 2 aromatic carbocycles. The van der Waals surface area contributed by atoms with Gasteiger partial charge in [0.15, 0.2) is 0 Å². The Balaban J connectivity index is 1.93. The first-order chi connectivity index (χ1) is 14.7. The molecule has 162 valence electrons. The lowest BCUT2D eigenvalue weighted by Crippen LogP contribution is -2.49. The van der Waals surface area contributed by atoms with Gasteiger partial charge in [-0.25, -0.2) is 9.40 Å². The van der Waals surface area contributed by atoms with Crippen molar-refractivity contribution in [3.05, 3.63) is 53.8 Å². The number of hydrogen-bond donors (Lipinski definition) is 2. The van der Waals surface area contributed by atoms with Gasteiger partial charge in [-0.15, -0.1) is 0 Å². The number of carbonyl (C=O) groups is 3. The molecule has 1 aliphatic heterocycles. The fraction of sp³-hybridized carbons (Fsp3) is 0.200. The van der Waals surface area contributed by atoms with E-state index in [2.05, 4.69) is 5.43 Å². The summed E-state index contributed by atoms with van der Waals surface area (Å²) < 4.78 is 23.6. The Kier molecular flexibility index (Phi) is 6.35. The van der Waals surface area contributed by atoms with E-state index < -0.39 is 36.0 Å². The van der Waals surface area contributed by atoms with E-state index in [1.54, 1.807) is 6.07 Å². The Bertz CT molecular complexity index is 1020. The third-order valence-electron chi connectivity index (χ3n) is 4.53. The topological polar surface area (TPSA) is 114 Å². The number of anilines is 1. The molecular weight excluding hydrogens is 427 g/mol. The molecule has 0 saturated carbocycles. The quantitative estimate of drug-likeness (QED) is 0.618. The zero-order valence-corrected chi connectivity index (χ0v) is 17.4. The average Bonchev–Trinajstić information content (AvgIpc) is 2.97. The average molecular weight is 446 g/mol. The minimum atomic E-state index is -1.16. The first-order valence-corrected chi connectivity index (χ1v) is 9.41. The number of benzene rings is 2. The molecule has 0 spiro atoms. The summed E-state index contributed by atoms with van der Waals surface area (Å²) in [5.74, 6) is -1.70. The van der Waals surface area contributed by atoms with Crippen molar-refractivity contribution in [1.29, 1.82) is 0 Å². The molecule has 2 aromatic rings. The van der Waals surface area contributed by atoms with E-state index >= 15 is 0 Å². The number of hydrogen-bond acceptors (Lipinski definition) is 6. The lowest BCUT2D eigenvalue weighted by Gasteiger charge is -2.24. The summed E-state index contributed by atoms with van der Waals surface area (Å²) in [7, 11) is 2.88. The largest absolute Gasteiger partial charge is 0.497 e. The molecule has 0 bridgehead atoms.